The van der Waals surface area contributed by atoms with Gasteiger partial charge >= 0.3 is 0 Å². The van der Waals surface area contributed by atoms with Gasteiger partial charge in [-0.15, -0.1) is 0 Å². The van der Waals surface area contributed by atoms with E-state index in [1.807, 2.05) is 13.0 Å². The van der Waals surface area contributed by atoms with Gasteiger partial charge in [-0.2, -0.15) is 0 Å². The molecule has 1 aromatic heterocycles. The minimum atomic E-state index is 0.357. The summed E-state index contributed by atoms with van der Waals surface area (Å²) in [5.74, 6) is 1.71. The fourth-order valence-electron chi connectivity index (χ4n) is 1.93. The molecule has 0 unspecified atom stereocenters. The number of aryl methyl sites for hydroxylation is 1. The van der Waals surface area contributed by atoms with Crippen LogP contribution in [0.3, 0.4) is 0 Å². The van der Waals surface area contributed by atoms with Gasteiger partial charge in [0.2, 0.25) is 5.28 Å². The van der Waals surface area contributed by atoms with Gasteiger partial charge in [0.05, 0.1) is 0 Å². The average Bonchev–Trinajstić information content (AvgIpc) is 3.00. The van der Waals surface area contributed by atoms with E-state index < -0.39 is 0 Å². The molecule has 1 aliphatic carbocycles. The molecule has 0 N–H and O–H groups in total. The Morgan fingerprint density at radius 1 is 1.41 bits per heavy atom. The van der Waals surface area contributed by atoms with Crippen molar-refractivity contribution in [1.29, 1.82) is 0 Å². The number of nitrogens with zero attached hydrogens (tertiary/aromatic N) is 3. The van der Waals surface area contributed by atoms with E-state index in [1.165, 1.54) is 19.3 Å². The summed E-state index contributed by atoms with van der Waals surface area (Å²) in [6.45, 7) is 7.53. The van der Waals surface area contributed by atoms with E-state index in [0.717, 1.165) is 24.0 Å². The number of halogens is 1. The Labute approximate surface area is 108 Å². The topological polar surface area (TPSA) is 29.0 Å². The first kappa shape index (κ1) is 12.6. The first-order valence-corrected chi connectivity index (χ1v) is 6.72. The molecule has 1 heterocycles. The standard InChI is InChI=1S/C13H20ClN3/c1-9(2)6-7-17(11-4-5-11)12-8-10(3)15-13(14)16-12/h8-9,11H,4-7H2,1-3H3. The largest absolute Gasteiger partial charge is 0.353 e. The third-order valence-corrected chi connectivity index (χ3v) is 3.21. The van der Waals surface area contributed by atoms with Gasteiger partial charge in [-0.1, -0.05) is 13.8 Å². The zero-order valence-corrected chi connectivity index (χ0v) is 11.5. The van der Waals surface area contributed by atoms with Crippen LogP contribution in [0.4, 0.5) is 5.82 Å². The van der Waals surface area contributed by atoms with E-state index in [9.17, 15) is 0 Å². The third kappa shape index (κ3) is 3.56. The quantitative estimate of drug-likeness (QED) is 0.753. The molecule has 1 aromatic rings. The van der Waals surface area contributed by atoms with Gasteiger partial charge in [0.1, 0.15) is 5.82 Å². The molecule has 0 atom stereocenters. The molecule has 1 fully saturated rings. The first-order valence-electron chi connectivity index (χ1n) is 6.34. The Balaban J connectivity index is 2.14. The highest BCUT2D eigenvalue weighted by Crippen LogP contribution is 2.31. The Morgan fingerprint density at radius 2 is 2.12 bits per heavy atom. The second kappa shape index (κ2) is 5.21. The smallest absolute Gasteiger partial charge is 0.224 e. The lowest BCUT2D eigenvalue weighted by Gasteiger charge is -2.24. The molecule has 1 aliphatic rings. The van der Waals surface area contributed by atoms with Gasteiger partial charge in [-0.05, 0) is 43.7 Å². The molecular formula is C13H20ClN3. The predicted octanol–water partition coefficient (Wildman–Crippen LogP) is 3.45. The second-order valence-electron chi connectivity index (χ2n) is 5.24. The second-order valence-corrected chi connectivity index (χ2v) is 5.58. The lowest BCUT2D eigenvalue weighted by Crippen LogP contribution is -2.28. The maximum Gasteiger partial charge on any atom is 0.224 e. The molecule has 17 heavy (non-hydrogen) atoms. The van der Waals surface area contributed by atoms with Crippen LogP contribution in [-0.4, -0.2) is 22.6 Å². The summed E-state index contributed by atoms with van der Waals surface area (Å²) in [7, 11) is 0. The van der Waals surface area contributed by atoms with E-state index in [2.05, 4.69) is 28.7 Å². The van der Waals surface area contributed by atoms with Gasteiger partial charge in [-0.25, -0.2) is 9.97 Å². The van der Waals surface area contributed by atoms with E-state index in [-0.39, 0.29) is 0 Å². The van der Waals surface area contributed by atoms with Crippen molar-refractivity contribution in [2.75, 3.05) is 11.4 Å². The fourth-order valence-corrected chi connectivity index (χ4v) is 2.15. The Hall–Kier alpha value is -0.830. The molecule has 0 bridgehead atoms. The van der Waals surface area contributed by atoms with Gasteiger partial charge < -0.3 is 4.90 Å². The molecule has 0 amide bonds. The van der Waals surface area contributed by atoms with Crippen LogP contribution in [0.2, 0.25) is 5.28 Å². The highest BCUT2D eigenvalue weighted by Gasteiger charge is 2.30. The Morgan fingerprint density at radius 3 is 2.65 bits per heavy atom. The number of hydrogen-bond donors (Lipinski definition) is 0. The van der Waals surface area contributed by atoms with Gasteiger partial charge in [-0.3, -0.25) is 0 Å². The zero-order chi connectivity index (χ0) is 12.4. The molecule has 0 radical (unpaired) electrons. The summed E-state index contributed by atoms with van der Waals surface area (Å²) in [6, 6.07) is 2.70. The van der Waals surface area contributed by atoms with Crippen LogP contribution in [0.15, 0.2) is 6.07 Å². The van der Waals surface area contributed by atoms with Crippen molar-refractivity contribution in [1.82, 2.24) is 9.97 Å². The minimum absolute atomic E-state index is 0.357. The Kier molecular flexibility index (Phi) is 3.87. The molecule has 0 spiro atoms. The molecule has 1 saturated carbocycles. The molecule has 0 aliphatic heterocycles. The molecule has 3 nitrogen and oxygen atoms in total. The highest BCUT2D eigenvalue weighted by atomic mass is 35.5. The number of anilines is 1. The van der Waals surface area contributed by atoms with Crippen LogP contribution in [0.5, 0.6) is 0 Å². The minimum Gasteiger partial charge on any atom is -0.353 e. The summed E-state index contributed by atoms with van der Waals surface area (Å²) in [5.41, 5.74) is 0.940. The lowest BCUT2D eigenvalue weighted by molar-refractivity contribution is 0.568. The van der Waals surface area contributed by atoms with Gasteiger partial charge in [0.25, 0.3) is 0 Å². The maximum atomic E-state index is 5.93. The predicted molar refractivity (Wildman–Crippen MR) is 71.6 cm³/mol. The third-order valence-electron chi connectivity index (χ3n) is 3.04. The van der Waals surface area contributed by atoms with Crippen molar-refractivity contribution < 1.29 is 0 Å². The van der Waals surface area contributed by atoms with Crippen LogP contribution in [-0.2, 0) is 0 Å². The summed E-state index contributed by atoms with van der Waals surface area (Å²) in [4.78, 5) is 10.9. The molecule has 4 heteroatoms. The van der Waals surface area contributed by atoms with E-state index in [1.54, 1.807) is 0 Å². The van der Waals surface area contributed by atoms with Crippen molar-refractivity contribution in [2.24, 2.45) is 5.92 Å². The summed E-state index contributed by atoms with van der Waals surface area (Å²) >= 11 is 5.93. The average molecular weight is 254 g/mol. The zero-order valence-electron chi connectivity index (χ0n) is 10.8. The van der Waals surface area contributed by atoms with Crippen LogP contribution >= 0.6 is 11.6 Å². The summed E-state index contributed by atoms with van der Waals surface area (Å²) < 4.78 is 0. The van der Waals surface area contributed by atoms with Gasteiger partial charge in [0, 0.05) is 24.3 Å². The normalized spacial score (nSPS) is 15.4. The van der Waals surface area contributed by atoms with Crippen LogP contribution in [0.25, 0.3) is 0 Å². The molecule has 0 aromatic carbocycles. The lowest BCUT2D eigenvalue weighted by atomic mass is 10.1. The molecule has 0 saturated heterocycles. The fraction of sp³-hybridized carbons (Fsp3) is 0.692. The maximum absolute atomic E-state index is 5.93. The monoisotopic (exact) mass is 253 g/mol. The van der Waals surface area contributed by atoms with Crippen LogP contribution < -0.4 is 4.90 Å². The van der Waals surface area contributed by atoms with Crippen molar-refractivity contribution in [3.8, 4) is 0 Å². The molecule has 94 valence electrons. The van der Waals surface area contributed by atoms with Crippen molar-refractivity contribution >= 4 is 17.4 Å². The first-order chi connectivity index (χ1) is 8.06. The van der Waals surface area contributed by atoms with E-state index in [4.69, 9.17) is 11.6 Å². The highest BCUT2D eigenvalue weighted by molar-refractivity contribution is 6.28. The van der Waals surface area contributed by atoms with E-state index >= 15 is 0 Å². The van der Waals surface area contributed by atoms with Crippen molar-refractivity contribution in [3.05, 3.63) is 17.0 Å². The van der Waals surface area contributed by atoms with Crippen LogP contribution in [0, 0.1) is 12.8 Å². The number of hydrogen-bond acceptors (Lipinski definition) is 3. The Bertz CT molecular complexity index is 368. The summed E-state index contributed by atoms with van der Waals surface area (Å²) in [5, 5.41) is 0.357. The number of aromatic nitrogens is 2. The van der Waals surface area contributed by atoms with E-state index in [0.29, 0.717) is 11.3 Å². The van der Waals surface area contributed by atoms with Crippen molar-refractivity contribution in [2.45, 2.75) is 46.1 Å². The molecule has 2 rings (SSSR count). The van der Waals surface area contributed by atoms with Gasteiger partial charge in [0.15, 0.2) is 0 Å². The van der Waals surface area contributed by atoms with Crippen LogP contribution in [0.1, 0.15) is 38.8 Å². The SMILES string of the molecule is Cc1cc(N(CCC(C)C)C2CC2)nc(Cl)n1. The number of rotatable bonds is 5. The van der Waals surface area contributed by atoms with Crippen molar-refractivity contribution in [3.63, 3.8) is 0 Å². The summed E-state index contributed by atoms with van der Waals surface area (Å²) in [6.07, 6.45) is 3.74. The molecular weight excluding hydrogens is 234 g/mol.